The molecule has 1 aliphatic rings. The third-order valence-electron chi connectivity index (χ3n) is 4.19. The summed E-state index contributed by atoms with van der Waals surface area (Å²) >= 11 is 0. The second-order valence-electron chi connectivity index (χ2n) is 5.66. The third-order valence-corrected chi connectivity index (χ3v) is 4.19. The van der Waals surface area contributed by atoms with Crippen LogP contribution in [0.3, 0.4) is 0 Å². The first-order valence-electron chi connectivity index (χ1n) is 7.40. The van der Waals surface area contributed by atoms with E-state index in [9.17, 15) is 0 Å². The highest BCUT2D eigenvalue weighted by atomic mass is 15.5. The fourth-order valence-corrected chi connectivity index (χ4v) is 2.95. The Labute approximate surface area is 119 Å². The topological polar surface area (TPSA) is 69.6 Å². The van der Waals surface area contributed by atoms with Crippen LogP contribution in [0, 0.1) is 6.92 Å². The number of anilines is 1. The van der Waals surface area contributed by atoms with Crippen LogP contribution in [0.4, 0.5) is 5.69 Å². The number of aromatic nitrogens is 4. The van der Waals surface area contributed by atoms with Crippen molar-refractivity contribution in [1.29, 1.82) is 0 Å². The second kappa shape index (κ2) is 5.61. The van der Waals surface area contributed by atoms with Crippen LogP contribution in [-0.4, -0.2) is 20.2 Å². The lowest BCUT2D eigenvalue weighted by molar-refractivity contribution is 0.400. The Bertz CT molecular complexity index is 582. The van der Waals surface area contributed by atoms with Crippen LogP contribution in [0.15, 0.2) is 18.2 Å². The molecule has 3 rings (SSSR count). The van der Waals surface area contributed by atoms with Crippen molar-refractivity contribution < 1.29 is 0 Å². The molecule has 1 aromatic heterocycles. The maximum absolute atomic E-state index is 5.89. The Kier molecular flexibility index (Phi) is 3.67. The van der Waals surface area contributed by atoms with E-state index in [4.69, 9.17) is 5.73 Å². The number of tetrazole rings is 1. The second-order valence-corrected chi connectivity index (χ2v) is 5.66. The summed E-state index contributed by atoms with van der Waals surface area (Å²) < 4.78 is 2.01. The van der Waals surface area contributed by atoms with Crippen LogP contribution in [-0.2, 0) is 0 Å². The fraction of sp³-hybridized carbons (Fsp3) is 0.533. The molecule has 0 atom stereocenters. The summed E-state index contributed by atoms with van der Waals surface area (Å²) in [5, 5.41) is 12.3. The van der Waals surface area contributed by atoms with E-state index in [2.05, 4.69) is 21.6 Å². The molecule has 5 heteroatoms. The monoisotopic (exact) mass is 271 g/mol. The van der Waals surface area contributed by atoms with Gasteiger partial charge in [-0.1, -0.05) is 25.7 Å². The summed E-state index contributed by atoms with van der Waals surface area (Å²) in [7, 11) is 0. The highest BCUT2D eigenvalue weighted by Crippen LogP contribution is 2.30. The van der Waals surface area contributed by atoms with E-state index in [-0.39, 0.29) is 0 Å². The van der Waals surface area contributed by atoms with Gasteiger partial charge >= 0.3 is 0 Å². The number of rotatable bonds is 2. The van der Waals surface area contributed by atoms with E-state index in [0.29, 0.717) is 6.04 Å². The van der Waals surface area contributed by atoms with Crippen molar-refractivity contribution in [2.75, 3.05) is 5.73 Å². The van der Waals surface area contributed by atoms with Gasteiger partial charge in [-0.2, -0.15) is 0 Å². The van der Waals surface area contributed by atoms with E-state index in [1.165, 1.54) is 38.5 Å². The van der Waals surface area contributed by atoms with E-state index in [1.54, 1.807) is 0 Å². The molecule has 0 bridgehead atoms. The quantitative estimate of drug-likeness (QED) is 0.673. The molecule has 0 saturated heterocycles. The number of hydrogen-bond donors (Lipinski definition) is 1. The van der Waals surface area contributed by atoms with Gasteiger partial charge in [-0.3, -0.25) is 0 Å². The summed E-state index contributed by atoms with van der Waals surface area (Å²) in [6.45, 7) is 2.01. The van der Waals surface area contributed by atoms with Crippen LogP contribution in [0.25, 0.3) is 11.4 Å². The molecule has 20 heavy (non-hydrogen) atoms. The average Bonchev–Trinajstić information content (AvgIpc) is 2.77. The summed E-state index contributed by atoms with van der Waals surface area (Å²) in [6.07, 6.45) is 7.54. The van der Waals surface area contributed by atoms with Crippen molar-refractivity contribution in [2.24, 2.45) is 0 Å². The number of benzene rings is 1. The Morgan fingerprint density at radius 2 is 1.90 bits per heavy atom. The number of hydrogen-bond acceptors (Lipinski definition) is 4. The van der Waals surface area contributed by atoms with Crippen molar-refractivity contribution in [2.45, 2.75) is 51.5 Å². The van der Waals surface area contributed by atoms with Crippen LogP contribution in [0.2, 0.25) is 0 Å². The zero-order chi connectivity index (χ0) is 13.9. The maximum atomic E-state index is 5.89. The van der Waals surface area contributed by atoms with Gasteiger partial charge in [0.2, 0.25) is 0 Å². The molecule has 2 aromatic rings. The molecule has 1 aliphatic carbocycles. The normalized spacial score (nSPS) is 17.1. The minimum atomic E-state index is 0.431. The smallest absolute Gasteiger partial charge is 0.182 e. The lowest BCUT2D eigenvalue weighted by Crippen LogP contribution is -2.11. The van der Waals surface area contributed by atoms with Crippen LogP contribution >= 0.6 is 0 Å². The van der Waals surface area contributed by atoms with Crippen molar-refractivity contribution in [3.8, 4) is 11.4 Å². The molecule has 106 valence electrons. The van der Waals surface area contributed by atoms with E-state index < -0.39 is 0 Å². The molecule has 0 spiro atoms. The molecule has 1 aromatic carbocycles. The van der Waals surface area contributed by atoms with E-state index in [1.807, 2.05) is 23.7 Å². The Morgan fingerprint density at radius 1 is 1.15 bits per heavy atom. The SMILES string of the molecule is Cc1cc(-c2nnnn2C2CCCCCC2)ccc1N. The highest BCUT2D eigenvalue weighted by Gasteiger charge is 2.20. The molecule has 1 saturated carbocycles. The minimum absolute atomic E-state index is 0.431. The molecule has 2 N–H and O–H groups in total. The Hall–Kier alpha value is -1.91. The van der Waals surface area contributed by atoms with Gasteiger partial charge in [0.15, 0.2) is 5.82 Å². The molecule has 0 radical (unpaired) electrons. The van der Waals surface area contributed by atoms with Gasteiger partial charge in [0.1, 0.15) is 0 Å². The van der Waals surface area contributed by atoms with Gasteiger partial charge in [-0.25, -0.2) is 4.68 Å². The zero-order valence-electron chi connectivity index (χ0n) is 11.9. The molecule has 0 aliphatic heterocycles. The van der Waals surface area contributed by atoms with E-state index >= 15 is 0 Å². The van der Waals surface area contributed by atoms with Gasteiger partial charge in [0.05, 0.1) is 6.04 Å². The van der Waals surface area contributed by atoms with Crippen molar-refractivity contribution >= 4 is 5.69 Å². The Balaban J connectivity index is 1.94. The predicted octanol–water partition coefficient (Wildman–Crippen LogP) is 3.13. The van der Waals surface area contributed by atoms with Crippen LogP contribution in [0.5, 0.6) is 0 Å². The molecule has 1 fully saturated rings. The zero-order valence-corrected chi connectivity index (χ0v) is 11.9. The van der Waals surface area contributed by atoms with Crippen LogP contribution < -0.4 is 5.73 Å². The summed E-state index contributed by atoms with van der Waals surface area (Å²) in [6, 6.07) is 6.42. The summed E-state index contributed by atoms with van der Waals surface area (Å²) in [5.41, 5.74) is 8.81. The number of nitrogens with two attached hydrogens (primary N) is 1. The van der Waals surface area contributed by atoms with Gasteiger partial charge in [-0.05, 0) is 54.0 Å². The average molecular weight is 271 g/mol. The Morgan fingerprint density at radius 3 is 2.60 bits per heavy atom. The van der Waals surface area contributed by atoms with Gasteiger partial charge in [0.25, 0.3) is 0 Å². The van der Waals surface area contributed by atoms with Gasteiger partial charge in [0, 0.05) is 11.3 Å². The number of aryl methyl sites for hydroxylation is 1. The molecular weight excluding hydrogens is 250 g/mol. The first-order valence-corrected chi connectivity index (χ1v) is 7.40. The van der Waals surface area contributed by atoms with Crippen molar-refractivity contribution in [3.05, 3.63) is 23.8 Å². The largest absolute Gasteiger partial charge is 0.399 e. The third kappa shape index (κ3) is 2.53. The summed E-state index contributed by atoms with van der Waals surface area (Å²) in [4.78, 5) is 0. The lowest BCUT2D eigenvalue weighted by atomic mass is 10.1. The molecule has 1 heterocycles. The maximum Gasteiger partial charge on any atom is 0.182 e. The molecular formula is C15H21N5. The lowest BCUT2D eigenvalue weighted by Gasteiger charge is -2.16. The standard InChI is InChI=1S/C15H21N5/c1-11-10-12(8-9-14(11)16)15-17-18-19-20(15)13-6-4-2-3-5-7-13/h8-10,13H,2-7,16H2,1H3. The van der Waals surface area contributed by atoms with Crippen molar-refractivity contribution in [3.63, 3.8) is 0 Å². The number of nitrogen functional groups attached to an aromatic ring is 1. The first-order chi connectivity index (χ1) is 9.75. The summed E-state index contributed by atoms with van der Waals surface area (Å²) in [5.74, 6) is 0.861. The predicted molar refractivity (Wildman–Crippen MR) is 79.1 cm³/mol. The highest BCUT2D eigenvalue weighted by molar-refractivity contribution is 5.61. The minimum Gasteiger partial charge on any atom is -0.399 e. The van der Waals surface area contributed by atoms with Gasteiger partial charge in [-0.15, -0.1) is 5.10 Å². The van der Waals surface area contributed by atoms with Crippen LogP contribution in [0.1, 0.15) is 50.1 Å². The van der Waals surface area contributed by atoms with E-state index in [0.717, 1.165) is 22.6 Å². The van der Waals surface area contributed by atoms with Crippen molar-refractivity contribution in [1.82, 2.24) is 20.2 Å². The van der Waals surface area contributed by atoms with Gasteiger partial charge < -0.3 is 5.73 Å². The molecule has 0 unspecified atom stereocenters. The molecule has 0 amide bonds. The molecule has 5 nitrogen and oxygen atoms in total. The number of nitrogens with zero attached hydrogens (tertiary/aromatic N) is 4. The first kappa shape index (κ1) is 13.1. The fourth-order valence-electron chi connectivity index (χ4n) is 2.95.